The van der Waals surface area contributed by atoms with Gasteiger partial charge < -0.3 is 18.9 Å². The van der Waals surface area contributed by atoms with E-state index in [1.807, 2.05) is 37.3 Å². The van der Waals surface area contributed by atoms with Crippen molar-refractivity contribution in [2.45, 2.75) is 39.7 Å². The third-order valence-corrected chi connectivity index (χ3v) is 6.88. The van der Waals surface area contributed by atoms with Gasteiger partial charge in [0.25, 0.3) is 5.56 Å². The lowest BCUT2D eigenvalue weighted by Crippen LogP contribution is -2.22. The number of ether oxygens (including phenoxy) is 4. The second-order valence-electron chi connectivity index (χ2n) is 8.89. The van der Waals surface area contributed by atoms with E-state index in [1.165, 1.54) is 4.68 Å². The van der Waals surface area contributed by atoms with Crippen LogP contribution in [0.3, 0.4) is 0 Å². The summed E-state index contributed by atoms with van der Waals surface area (Å²) in [7, 11) is 0. The van der Waals surface area contributed by atoms with Crippen LogP contribution < -0.4 is 24.5 Å². The lowest BCUT2D eigenvalue weighted by Gasteiger charge is -2.15. The van der Waals surface area contributed by atoms with E-state index in [9.17, 15) is 4.79 Å². The highest BCUT2D eigenvalue weighted by molar-refractivity contribution is 9.10. The molecule has 2 heterocycles. The van der Waals surface area contributed by atoms with Crippen molar-refractivity contribution >= 4 is 44.6 Å². The first-order chi connectivity index (χ1) is 19.0. The van der Waals surface area contributed by atoms with E-state index >= 15 is 0 Å². The number of nitrogens with zero attached hydrogens (tertiary/aromatic N) is 3. The zero-order valence-electron chi connectivity index (χ0n) is 21.6. The van der Waals surface area contributed by atoms with Gasteiger partial charge in [-0.15, -0.1) is 0 Å². The first-order valence-electron chi connectivity index (χ1n) is 12.7. The molecule has 0 radical (unpaired) electrons. The van der Waals surface area contributed by atoms with Gasteiger partial charge in [0.05, 0.1) is 28.7 Å². The molecular weight excluding hydrogens is 586 g/mol. The minimum absolute atomic E-state index is 0.210. The van der Waals surface area contributed by atoms with Crippen LogP contribution in [0.2, 0.25) is 5.02 Å². The van der Waals surface area contributed by atoms with Crippen LogP contribution in [0, 0.1) is 0 Å². The molecule has 0 aliphatic carbocycles. The summed E-state index contributed by atoms with van der Waals surface area (Å²) in [4.78, 5) is 18.1. The lowest BCUT2D eigenvalue weighted by atomic mass is 10.2. The fraction of sp³-hybridized carbons (Fsp3) is 0.276. The van der Waals surface area contributed by atoms with Gasteiger partial charge in [0.1, 0.15) is 12.4 Å². The average Bonchev–Trinajstić information content (AvgIpc) is 3.39. The molecular formula is C29H27BrClN3O5. The van der Waals surface area contributed by atoms with E-state index in [2.05, 4.69) is 28.0 Å². The van der Waals surface area contributed by atoms with Gasteiger partial charge in [-0.1, -0.05) is 46.9 Å². The molecule has 8 nitrogen and oxygen atoms in total. The molecule has 0 saturated heterocycles. The van der Waals surface area contributed by atoms with Crippen LogP contribution in [0.25, 0.3) is 10.9 Å². The van der Waals surface area contributed by atoms with Gasteiger partial charge in [-0.2, -0.15) is 9.78 Å². The van der Waals surface area contributed by atoms with Crippen LogP contribution in [-0.4, -0.2) is 29.3 Å². The first-order valence-corrected chi connectivity index (χ1v) is 13.9. The van der Waals surface area contributed by atoms with E-state index in [0.717, 1.165) is 22.9 Å². The Hall–Kier alpha value is -3.56. The summed E-state index contributed by atoms with van der Waals surface area (Å²) in [5.74, 6) is 2.90. The van der Waals surface area contributed by atoms with Crippen molar-refractivity contribution in [1.29, 1.82) is 0 Å². The van der Waals surface area contributed by atoms with Gasteiger partial charge in [0.2, 0.25) is 6.79 Å². The van der Waals surface area contributed by atoms with Crippen molar-refractivity contribution in [2.75, 3.05) is 13.4 Å². The molecule has 1 aromatic heterocycles. The molecule has 0 amide bonds. The van der Waals surface area contributed by atoms with Crippen molar-refractivity contribution in [1.82, 2.24) is 9.66 Å². The number of benzene rings is 3. The number of aryl methyl sites for hydroxylation is 1. The number of fused-ring (bicyclic) bond motifs is 2. The molecule has 0 N–H and O–H groups in total. The van der Waals surface area contributed by atoms with Crippen LogP contribution in [-0.2, 0) is 13.0 Å². The Morgan fingerprint density at radius 1 is 1.10 bits per heavy atom. The molecule has 0 spiro atoms. The summed E-state index contributed by atoms with van der Waals surface area (Å²) in [6, 6.07) is 14.6. The smallest absolute Gasteiger partial charge is 0.282 e. The van der Waals surface area contributed by atoms with Crippen LogP contribution in [0.5, 0.6) is 23.0 Å². The fourth-order valence-corrected chi connectivity index (χ4v) is 4.82. The number of rotatable bonds is 10. The predicted molar refractivity (Wildman–Crippen MR) is 155 cm³/mol. The second kappa shape index (κ2) is 12.1. The molecule has 1 aliphatic heterocycles. The van der Waals surface area contributed by atoms with Crippen molar-refractivity contribution < 1.29 is 18.9 Å². The topological polar surface area (TPSA) is 84.2 Å². The molecule has 0 bridgehead atoms. The van der Waals surface area contributed by atoms with Gasteiger partial charge in [-0.3, -0.25) is 4.79 Å². The zero-order valence-corrected chi connectivity index (χ0v) is 23.9. The van der Waals surface area contributed by atoms with Crippen molar-refractivity contribution in [2.24, 2.45) is 5.10 Å². The van der Waals surface area contributed by atoms with Crippen LogP contribution >= 0.6 is 27.5 Å². The maximum absolute atomic E-state index is 13.4. The summed E-state index contributed by atoms with van der Waals surface area (Å²) < 4.78 is 24.9. The Balaban J connectivity index is 1.45. The van der Waals surface area contributed by atoms with Crippen LogP contribution in [0.4, 0.5) is 0 Å². The molecule has 5 rings (SSSR count). The third-order valence-electron chi connectivity index (χ3n) is 6.10. The van der Waals surface area contributed by atoms with E-state index in [1.54, 1.807) is 24.4 Å². The molecule has 4 aromatic rings. The summed E-state index contributed by atoms with van der Waals surface area (Å²) in [6.45, 7) is 4.87. The Bertz CT molecular complexity index is 1600. The van der Waals surface area contributed by atoms with Gasteiger partial charge in [0.15, 0.2) is 23.0 Å². The van der Waals surface area contributed by atoms with Crippen LogP contribution in [0.1, 0.15) is 43.6 Å². The molecule has 0 saturated carbocycles. The van der Waals surface area contributed by atoms with Crippen LogP contribution in [0.15, 0.2) is 62.9 Å². The summed E-state index contributed by atoms with van der Waals surface area (Å²) in [5, 5.41) is 5.38. The minimum atomic E-state index is -0.233. The minimum Gasteiger partial charge on any atom is -0.490 e. The SMILES string of the molecule is CCCCc1nc2ccc(Br)cc2c(=O)n1N=Cc1cc(Cl)c(OCc2ccc3c(c2)OCO3)c(OCC)c1. The van der Waals surface area contributed by atoms with E-state index in [0.29, 0.717) is 63.3 Å². The van der Waals surface area contributed by atoms with Gasteiger partial charge >= 0.3 is 0 Å². The summed E-state index contributed by atoms with van der Waals surface area (Å²) in [5.41, 5.74) is 1.97. The number of hydrogen-bond donors (Lipinski definition) is 0. The summed E-state index contributed by atoms with van der Waals surface area (Å²) in [6.07, 6.45) is 4.07. The molecule has 1 aliphatic rings. The average molecular weight is 613 g/mol. The number of hydrogen-bond acceptors (Lipinski definition) is 7. The molecule has 39 heavy (non-hydrogen) atoms. The van der Waals surface area contributed by atoms with E-state index < -0.39 is 0 Å². The maximum Gasteiger partial charge on any atom is 0.282 e. The van der Waals surface area contributed by atoms with Crippen molar-refractivity contribution in [3.8, 4) is 23.0 Å². The standard InChI is InChI=1S/C29H27BrClN3O5/c1-3-5-6-27-33-23-9-8-20(30)14-21(23)29(35)34(27)32-15-19-11-22(31)28(26(13-19)36-4-2)37-16-18-7-10-24-25(12-18)39-17-38-24/h7-15H,3-6,16-17H2,1-2H3. The monoisotopic (exact) mass is 611 g/mol. The molecule has 202 valence electrons. The summed E-state index contributed by atoms with van der Waals surface area (Å²) >= 11 is 10.1. The quantitative estimate of drug-likeness (QED) is 0.184. The van der Waals surface area contributed by atoms with Crippen molar-refractivity contribution in [3.05, 3.63) is 85.3 Å². The maximum atomic E-state index is 13.4. The number of aromatic nitrogens is 2. The van der Waals surface area contributed by atoms with Gasteiger partial charge in [0, 0.05) is 10.9 Å². The lowest BCUT2D eigenvalue weighted by molar-refractivity contribution is 0.174. The Morgan fingerprint density at radius 2 is 1.95 bits per heavy atom. The molecule has 0 atom stereocenters. The third kappa shape index (κ3) is 6.04. The second-order valence-corrected chi connectivity index (χ2v) is 10.2. The molecule has 0 unspecified atom stereocenters. The van der Waals surface area contributed by atoms with Gasteiger partial charge in [-0.25, -0.2) is 4.98 Å². The van der Waals surface area contributed by atoms with E-state index in [-0.39, 0.29) is 19.0 Å². The normalized spacial score (nSPS) is 12.4. The number of unbranched alkanes of at least 4 members (excludes halogenated alkanes) is 1. The highest BCUT2D eigenvalue weighted by Crippen LogP contribution is 2.38. The number of halogens is 2. The fourth-order valence-electron chi connectivity index (χ4n) is 4.19. The first kappa shape index (κ1) is 27.0. The highest BCUT2D eigenvalue weighted by Gasteiger charge is 2.16. The van der Waals surface area contributed by atoms with E-state index in [4.69, 9.17) is 35.5 Å². The molecule has 10 heteroatoms. The largest absolute Gasteiger partial charge is 0.490 e. The predicted octanol–water partition coefficient (Wildman–Crippen LogP) is 6.74. The zero-order chi connectivity index (χ0) is 27.4. The molecule has 0 fully saturated rings. The Morgan fingerprint density at radius 3 is 2.77 bits per heavy atom. The highest BCUT2D eigenvalue weighted by atomic mass is 79.9. The van der Waals surface area contributed by atoms with Crippen molar-refractivity contribution in [3.63, 3.8) is 0 Å². The van der Waals surface area contributed by atoms with Gasteiger partial charge in [-0.05, 0) is 66.9 Å². The Labute approximate surface area is 239 Å². The Kier molecular flexibility index (Phi) is 8.38. The molecule has 3 aromatic carbocycles.